The number of aryl methyl sites for hydroxylation is 1. The Morgan fingerprint density at radius 1 is 1.11 bits per heavy atom. The van der Waals surface area contributed by atoms with Crippen LogP contribution in [0.3, 0.4) is 0 Å². The van der Waals surface area contributed by atoms with Gasteiger partial charge in [-0.05, 0) is 45.1 Å². The highest BCUT2D eigenvalue weighted by Gasteiger charge is 2.20. The predicted octanol–water partition coefficient (Wildman–Crippen LogP) is 8.21. The van der Waals surface area contributed by atoms with E-state index >= 15 is 0 Å². The molecule has 0 unspecified atom stereocenters. The Balaban J connectivity index is 0.000000474. The molecule has 0 amide bonds. The number of fused-ring (bicyclic) bond motifs is 4. The predicted molar refractivity (Wildman–Crippen MR) is 168 cm³/mol. The lowest BCUT2D eigenvalue weighted by Crippen LogP contribution is -2.37. The smallest absolute Gasteiger partial charge is 0.283 e. The minimum atomic E-state index is -0.0981. The molecule has 0 bridgehead atoms. The van der Waals surface area contributed by atoms with Crippen molar-refractivity contribution in [2.24, 2.45) is 0 Å². The molecule has 7 heteroatoms. The first-order chi connectivity index (χ1) is 18.4. The fourth-order valence-corrected chi connectivity index (χ4v) is 4.56. The minimum absolute atomic E-state index is 0.0981. The van der Waals surface area contributed by atoms with Gasteiger partial charge in [-0.2, -0.15) is 4.52 Å². The average molecular weight is 539 g/mol. The van der Waals surface area contributed by atoms with Gasteiger partial charge in [0.05, 0.1) is 18.6 Å². The van der Waals surface area contributed by atoms with E-state index in [2.05, 4.69) is 30.6 Å². The second-order valence-electron chi connectivity index (χ2n) is 8.40. The first-order valence-electron chi connectivity index (χ1n) is 13.6. The lowest BCUT2D eigenvalue weighted by molar-refractivity contribution is 0.122. The molecule has 0 N–H and O–H groups in total. The van der Waals surface area contributed by atoms with Crippen molar-refractivity contribution in [3.05, 3.63) is 69.9 Å². The van der Waals surface area contributed by atoms with Crippen LogP contribution in [0, 0.1) is 6.92 Å². The second kappa shape index (κ2) is 17.5. The lowest BCUT2D eigenvalue weighted by Gasteiger charge is -2.28. The van der Waals surface area contributed by atoms with E-state index in [1.807, 2.05) is 85.0 Å². The summed E-state index contributed by atoms with van der Waals surface area (Å²) < 4.78 is 6.93. The minimum Gasteiger partial charge on any atom is -0.378 e. The molecule has 4 heterocycles. The number of thiophene rings is 1. The maximum Gasteiger partial charge on any atom is 0.283 e. The number of hydrogen-bond acceptors (Lipinski definition) is 6. The molecule has 0 atom stereocenters. The number of ether oxygens (including phenoxy) is 1. The van der Waals surface area contributed by atoms with Gasteiger partial charge in [0.1, 0.15) is 4.83 Å². The Hall–Kier alpha value is -3.03. The number of anilines is 1. The first-order valence-corrected chi connectivity index (χ1v) is 14.5. The van der Waals surface area contributed by atoms with Crippen LogP contribution < -0.4 is 10.5 Å². The van der Waals surface area contributed by atoms with Gasteiger partial charge in [0.15, 0.2) is 11.5 Å². The maximum absolute atomic E-state index is 13.1. The second-order valence-corrected chi connectivity index (χ2v) is 9.26. The Morgan fingerprint density at radius 3 is 2.21 bits per heavy atom. The van der Waals surface area contributed by atoms with E-state index in [1.165, 1.54) is 21.4 Å². The zero-order valence-corrected chi connectivity index (χ0v) is 25.6. The molecular weight excluding hydrogens is 492 g/mol. The quantitative estimate of drug-likeness (QED) is 0.190. The Kier molecular flexibility index (Phi) is 15.2. The van der Waals surface area contributed by atoms with E-state index in [0.717, 1.165) is 46.5 Å². The monoisotopic (exact) mass is 538 g/mol. The Labute approximate surface area is 232 Å². The van der Waals surface area contributed by atoms with Crippen molar-refractivity contribution < 1.29 is 4.74 Å². The summed E-state index contributed by atoms with van der Waals surface area (Å²) in [7, 11) is 0. The van der Waals surface area contributed by atoms with Crippen LogP contribution in [0.15, 0.2) is 58.7 Å². The van der Waals surface area contributed by atoms with Gasteiger partial charge in [0.2, 0.25) is 0 Å². The Morgan fingerprint density at radius 2 is 1.68 bits per heavy atom. The largest absolute Gasteiger partial charge is 0.378 e. The normalized spacial score (nSPS) is 12.5. The molecule has 5 rings (SSSR count). The van der Waals surface area contributed by atoms with Crippen LogP contribution in [-0.2, 0) is 4.74 Å². The molecular formula is C31H46N4O2S. The van der Waals surface area contributed by atoms with Crippen LogP contribution in [0.25, 0.3) is 26.6 Å². The van der Waals surface area contributed by atoms with Crippen molar-refractivity contribution in [2.45, 2.75) is 68.7 Å². The summed E-state index contributed by atoms with van der Waals surface area (Å²) in [5.74, 6) is 0.822. The van der Waals surface area contributed by atoms with Crippen molar-refractivity contribution in [1.82, 2.24) is 14.6 Å². The van der Waals surface area contributed by atoms with Crippen molar-refractivity contribution in [3.63, 3.8) is 0 Å². The van der Waals surface area contributed by atoms with Crippen LogP contribution in [0.2, 0.25) is 0 Å². The van der Waals surface area contributed by atoms with Gasteiger partial charge in [-0.1, -0.05) is 76.6 Å². The van der Waals surface area contributed by atoms with Crippen molar-refractivity contribution >= 4 is 43.8 Å². The van der Waals surface area contributed by atoms with Gasteiger partial charge in [0, 0.05) is 23.9 Å². The molecule has 1 aliphatic heterocycles. The Bertz CT molecular complexity index is 1360. The molecule has 208 valence electrons. The topological polar surface area (TPSA) is 59.7 Å². The van der Waals surface area contributed by atoms with Crippen LogP contribution in [-0.4, -0.2) is 40.9 Å². The molecule has 0 aliphatic carbocycles. The zero-order chi connectivity index (χ0) is 28.7. The first kappa shape index (κ1) is 33.0. The van der Waals surface area contributed by atoms with Gasteiger partial charge >= 0.3 is 0 Å². The summed E-state index contributed by atoms with van der Waals surface area (Å²) in [4.78, 5) is 20.8. The van der Waals surface area contributed by atoms with Crippen molar-refractivity contribution in [2.75, 3.05) is 31.2 Å². The standard InChI is InChI=1S/C18H16N4O2S.C5H10.C4H8.2C2H6/c1-11-10-25-17-14(11)18(23)22-15(19-17)12-4-2-3-5-13(12)16(20-22)21-6-8-24-9-7-21;1-3-5-4-2;1-4(2)3;2*1-2/h2-5,10H,6-9H2,1H3;3,5H,4H2,1-2H3;1H2,2-3H3;2*1-2H3/b;5-3-;;;. The summed E-state index contributed by atoms with van der Waals surface area (Å²) in [5.41, 5.74) is 2.64. The summed E-state index contributed by atoms with van der Waals surface area (Å²) in [6.45, 7) is 24.5. The molecule has 1 aromatic carbocycles. The number of hydrogen-bond donors (Lipinski definition) is 0. The average Bonchev–Trinajstić information content (AvgIpc) is 3.32. The summed E-state index contributed by atoms with van der Waals surface area (Å²) in [6, 6.07) is 8.02. The van der Waals surface area contributed by atoms with Crippen LogP contribution in [0.4, 0.5) is 5.82 Å². The van der Waals surface area contributed by atoms with Crippen molar-refractivity contribution in [1.29, 1.82) is 0 Å². The van der Waals surface area contributed by atoms with E-state index < -0.39 is 0 Å². The van der Waals surface area contributed by atoms with E-state index in [0.29, 0.717) is 24.2 Å². The summed E-state index contributed by atoms with van der Waals surface area (Å²) in [5, 5.41) is 9.32. The van der Waals surface area contributed by atoms with Gasteiger partial charge in [-0.15, -0.1) is 23.0 Å². The number of benzene rings is 1. The third-order valence-corrected chi connectivity index (χ3v) is 6.15. The number of aromatic nitrogens is 3. The van der Waals surface area contributed by atoms with Crippen LogP contribution in [0.5, 0.6) is 0 Å². The molecule has 1 aliphatic rings. The van der Waals surface area contributed by atoms with E-state index in [-0.39, 0.29) is 5.56 Å². The fraction of sp³-hybridized carbons (Fsp3) is 0.452. The highest BCUT2D eigenvalue weighted by Crippen LogP contribution is 2.29. The summed E-state index contributed by atoms with van der Waals surface area (Å²) in [6.07, 6.45) is 5.34. The molecule has 0 radical (unpaired) electrons. The highest BCUT2D eigenvalue weighted by molar-refractivity contribution is 7.16. The zero-order valence-electron chi connectivity index (χ0n) is 24.8. The van der Waals surface area contributed by atoms with E-state index in [9.17, 15) is 4.79 Å². The van der Waals surface area contributed by atoms with Gasteiger partial charge in [-0.25, -0.2) is 4.98 Å². The number of allylic oxidation sites excluding steroid dienone is 3. The van der Waals surface area contributed by atoms with Gasteiger partial charge in [-0.3, -0.25) is 4.79 Å². The van der Waals surface area contributed by atoms with E-state index in [4.69, 9.17) is 14.8 Å². The van der Waals surface area contributed by atoms with E-state index in [1.54, 1.807) is 0 Å². The summed E-state index contributed by atoms with van der Waals surface area (Å²) >= 11 is 1.50. The molecule has 1 fully saturated rings. The highest BCUT2D eigenvalue weighted by atomic mass is 32.1. The van der Waals surface area contributed by atoms with Gasteiger partial charge in [0.25, 0.3) is 5.56 Å². The molecule has 6 nitrogen and oxygen atoms in total. The molecule has 3 aromatic heterocycles. The number of morpholine rings is 1. The maximum atomic E-state index is 13.1. The molecule has 0 spiro atoms. The third kappa shape index (κ3) is 8.50. The lowest BCUT2D eigenvalue weighted by atomic mass is 10.1. The van der Waals surface area contributed by atoms with Gasteiger partial charge < -0.3 is 9.64 Å². The van der Waals surface area contributed by atoms with Crippen LogP contribution in [0.1, 0.15) is 67.4 Å². The fourth-order valence-electron chi connectivity index (χ4n) is 3.65. The molecule has 1 saturated heterocycles. The third-order valence-electron chi connectivity index (χ3n) is 5.16. The van der Waals surface area contributed by atoms with Crippen LogP contribution >= 0.6 is 11.3 Å². The number of nitrogens with zero attached hydrogens (tertiary/aromatic N) is 4. The SMILES string of the molecule is C/C=C\CC.C=C(C)C.CC.CC.Cc1csc2nc3c4ccccc4c(N4CCOCC4)nn3c(=O)c12. The molecule has 0 saturated carbocycles. The molecule has 38 heavy (non-hydrogen) atoms. The molecule has 4 aromatic rings. The van der Waals surface area contributed by atoms with Crippen molar-refractivity contribution in [3.8, 4) is 0 Å². The number of rotatable bonds is 2.